The smallest absolute Gasteiger partial charge is 0.124 e. The van der Waals surface area contributed by atoms with Crippen molar-refractivity contribution in [1.29, 1.82) is 0 Å². The molecule has 0 fully saturated rings. The molecule has 1 aromatic carbocycles. The summed E-state index contributed by atoms with van der Waals surface area (Å²) in [6.07, 6.45) is 1.00. The van der Waals surface area contributed by atoms with Gasteiger partial charge in [0.1, 0.15) is 5.75 Å². The molecule has 0 aliphatic heterocycles. The van der Waals surface area contributed by atoms with Crippen LogP contribution in [0.15, 0.2) is 12.1 Å². The number of likely N-dealkylation sites (N-methyl/N-ethyl adjacent to an activating group) is 1. The Bertz CT molecular complexity index is 353. The van der Waals surface area contributed by atoms with Crippen LogP contribution < -0.4 is 10.1 Å². The first-order chi connectivity index (χ1) is 7.54. The van der Waals surface area contributed by atoms with E-state index in [1.807, 2.05) is 27.0 Å². The predicted molar refractivity (Wildman–Crippen MR) is 69.9 cm³/mol. The van der Waals surface area contributed by atoms with Crippen molar-refractivity contribution in [3.8, 4) is 5.75 Å². The molecule has 0 saturated carbocycles. The summed E-state index contributed by atoms with van der Waals surface area (Å²) in [5, 5.41) is 4.21. The van der Waals surface area contributed by atoms with Crippen molar-refractivity contribution in [1.82, 2.24) is 5.32 Å². The Morgan fingerprint density at radius 3 is 2.44 bits per heavy atom. The minimum Gasteiger partial charge on any atom is -0.491 e. The van der Waals surface area contributed by atoms with Gasteiger partial charge in [-0.1, -0.05) is 23.2 Å². The Hall–Kier alpha value is -0.440. The van der Waals surface area contributed by atoms with Crippen molar-refractivity contribution in [3.63, 3.8) is 0 Å². The first-order valence-electron chi connectivity index (χ1n) is 5.33. The van der Waals surface area contributed by atoms with Gasteiger partial charge in [0.2, 0.25) is 0 Å². The van der Waals surface area contributed by atoms with E-state index in [2.05, 4.69) is 5.32 Å². The van der Waals surface area contributed by atoms with Crippen LogP contribution in [0.2, 0.25) is 10.0 Å². The quantitative estimate of drug-likeness (QED) is 0.876. The first kappa shape index (κ1) is 13.6. The lowest BCUT2D eigenvalue weighted by Gasteiger charge is -2.15. The molecule has 2 nitrogen and oxygen atoms in total. The fourth-order valence-corrected chi connectivity index (χ4v) is 1.73. The standard InChI is InChI=1S/C12H17Cl2NO/c1-8(2)16-12-7-11(14)10(13)6-9(12)4-5-15-3/h6-8,15H,4-5H2,1-3H3. The topological polar surface area (TPSA) is 21.3 Å². The Morgan fingerprint density at radius 2 is 1.88 bits per heavy atom. The van der Waals surface area contributed by atoms with Gasteiger partial charge in [0.05, 0.1) is 16.1 Å². The molecule has 0 radical (unpaired) electrons. The zero-order chi connectivity index (χ0) is 12.1. The third-order valence-corrected chi connectivity index (χ3v) is 2.83. The van der Waals surface area contributed by atoms with Gasteiger partial charge in [-0.05, 0) is 45.5 Å². The fraction of sp³-hybridized carbons (Fsp3) is 0.500. The van der Waals surface area contributed by atoms with Gasteiger partial charge in [0.25, 0.3) is 0 Å². The Balaban J connectivity index is 2.96. The van der Waals surface area contributed by atoms with Crippen LogP contribution >= 0.6 is 23.2 Å². The third kappa shape index (κ3) is 3.85. The van der Waals surface area contributed by atoms with Crippen molar-refractivity contribution in [2.75, 3.05) is 13.6 Å². The van der Waals surface area contributed by atoms with E-state index in [0.29, 0.717) is 10.0 Å². The van der Waals surface area contributed by atoms with Crippen LogP contribution in [0, 0.1) is 0 Å². The van der Waals surface area contributed by atoms with Crippen molar-refractivity contribution < 1.29 is 4.74 Å². The highest BCUT2D eigenvalue weighted by molar-refractivity contribution is 6.42. The number of halogens is 2. The monoisotopic (exact) mass is 261 g/mol. The average Bonchev–Trinajstić information content (AvgIpc) is 2.20. The van der Waals surface area contributed by atoms with E-state index in [9.17, 15) is 0 Å². The molecule has 90 valence electrons. The number of benzene rings is 1. The van der Waals surface area contributed by atoms with Crippen molar-refractivity contribution in [2.45, 2.75) is 26.4 Å². The van der Waals surface area contributed by atoms with Gasteiger partial charge in [-0.25, -0.2) is 0 Å². The van der Waals surface area contributed by atoms with E-state index in [1.165, 1.54) is 0 Å². The Morgan fingerprint density at radius 1 is 1.25 bits per heavy atom. The fourth-order valence-electron chi connectivity index (χ4n) is 1.39. The number of hydrogen-bond acceptors (Lipinski definition) is 2. The Labute approximate surface area is 107 Å². The number of rotatable bonds is 5. The van der Waals surface area contributed by atoms with Gasteiger partial charge >= 0.3 is 0 Å². The second-order valence-corrected chi connectivity index (χ2v) is 4.71. The SMILES string of the molecule is CNCCc1cc(Cl)c(Cl)cc1OC(C)C. The molecule has 1 rings (SSSR count). The molecule has 0 atom stereocenters. The van der Waals surface area contributed by atoms with Gasteiger partial charge in [-0.2, -0.15) is 0 Å². The summed E-state index contributed by atoms with van der Waals surface area (Å²) < 4.78 is 5.71. The highest BCUT2D eigenvalue weighted by Crippen LogP contribution is 2.31. The van der Waals surface area contributed by atoms with E-state index >= 15 is 0 Å². The number of nitrogens with one attached hydrogen (secondary N) is 1. The van der Waals surface area contributed by atoms with Crippen LogP contribution in [-0.4, -0.2) is 19.7 Å². The Kier molecular flexibility index (Phi) is 5.39. The van der Waals surface area contributed by atoms with Crippen molar-refractivity contribution in [3.05, 3.63) is 27.7 Å². The van der Waals surface area contributed by atoms with Gasteiger partial charge < -0.3 is 10.1 Å². The summed E-state index contributed by atoms with van der Waals surface area (Å²) in [5.41, 5.74) is 1.08. The summed E-state index contributed by atoms with van der Waals surface area (Å²) in [6, 6.07) is 3.66. The van der Waals surface area contributed by atoms with Gasteiger partial charge in [0.15, 0.2) is 0 Å². The summed E-state index contributed by atoms with van der Waals surface area (Å²) in [5.74, 6) is 0.819. The molecular formula is C12H17Cl2NO. The van der Waals surface area contributed by atoms with Crippen LogP contribution in [0.3, 0.4) is 0 Å². The zero-order valence-electron chi connectivity index (χ0n) is 9.81. The minimum absolute atomic E-state index is 0.130. The highest BCUT2D eigenvalue weighted by atomic mass is 35.5. The van der Waals surface area contributed by atoms with E-state index in [1.54, 1.807) is 6.07 Å². The van der Waals surface area contributed by atoms with E-state index in [0.717, 1.165) is 24.3 Å². The molecule has 0 aromatic heterocycles. The highest BCUT2D eigenvalue weighted by Gasteiger charge is 2.09. The maximum atomic E-state index is 5.99. The predicted octanol–water partition coefficient (Wildman–Crippen LogP) is 3.54. The molecule has 0 heterocycles. The zero-order valence-corrected chi connectivity index (χ0v) is 11.3. The summed E-state index contributed by atoms with van der Waals surface area (Å²) in [4.78, 5) is 0. The van der Waals surface area contributed by atoms with E-state index in [-0.39, 0.29) is 6.10 Å². The van der Waals surface area contributed by atoms with E-state index < -0.39 is 0 Å². The molecule has 0 bridgehead atoms. The molecule has 0 aliphatic carbocycles. The molecule has 0 saturated heterocycles. The molecule has 0 amide bonds. The molecular weight excluding hydrogens is 245 g/mol. The molecule has 1 N–H and O–H groups in total. The normalized spacial score (nSPS) is 10.9. The molecule has 0 aliphatic rings. The summed E-state index contributed by atoms with van der Waals surface area (Å²) >= 11 is 12.0. The van der Waals surface area contributed by atoms with Crippen LogP contribution in [0.4, 0.5) is 0 Å². The van der Waals surface area contributed by atoms with Gasteiger partial charge in [-0.15, -0.1) is 0 Å². The van der Waals surface area contributed by atoms with Crippen LogP contribution in [0.1, 0.15) is 19.4 Å². The van der Waals surface area contributed by atoms with E-state index in [4.69, 9.17) is 27.9 Å². The second kappa shape index (κ2) is 6.33. The average molecular weight is 262 g/mol. The number of hydrogen-bond donors (Lipinski definition) is 1. The van der Waals surface area contributed by atoms with Crippen LogP contribution in [0.25, 0.3) is 0 Å². The lowest BCUT2D eigenvalue weighted by Crippen LogP contribution is -2.13. The maximum Gasteiger partial charge on any atom is 0.124 e. The molecule has 1 aromatic rings. The van der Waals surface area contributed by atoms with Crippen LogP contribution in [0.5, 0.6) is 5.75 Å². The molecule has 0 unspecified atom stereocenters. The maximum absolute atomic E-state index is 5.99. The third-order valence-electron chi connectivity index (χ3n) is 2.11. The lowest BCUT2D eigenvalue weighted by atomic mass is 10.1. The van der Waals surface area contributed by atoms with Gasteiger partial charge in [0, 0.05) is 6.07 Å². The second-order valence-electron chi connectivity index (χ2n) is 3.89. The largest absolute Gasteiger partial charge is 0.491 e. The minimum atomic E-state index is 0.130. The van der Waals surface area contributed by atoms with Crippen molar-refractivity contribution >= 4 is 23.2 Å². The molecule has 4 heteroatoms. The van der Waals surface area contributed by atoms with Crippen molar-refractivity contribution in [2.24, 2.45) is 0 Å². The molecule has 0 spiro atoms. The summed E-state index contributed by atoms with van der Waals surface area (Å²) in [6.45, 7) is 4.86. The lowest BCUT2D eigenvalue weighted by molar-refractivity contribution is 0.240. The number of ether oxygens (including phenoxy) is 1. The van der Waals surface area contributed by atoms with Crippen LogP contribution in [-0.2, 0) is 6.42 Å². The van der Waals surface area contributed by atoms with Gasteiger partial charge in [-0.3, -0.25) is 0 Å². The molecule has 16 heavy (non-hydrogen) atoms. The first-order valence-corrected chi connectivity index (χ1v) is 6.09. The summed E-state index contributed by atoms with van der Waals surface area (Å²) in [7, 11) is 1.92.